The second-order valence-corrected chi connectivity index (χ2v) is 1.66. The lowest BCUT2D eigenvalue weighted by Crippen LogP contribution is -1.65. The average molecular weight is 124 g/mol. The molecule has 0 spiro atoms. The van der Waals surface area contributed by atoms with Crippen LogP contribution < -0.4 is 0 Å². The van der Waals surface area contributed by atoms with E-state index in [2.05, 4.69) is 9.98 Å². The average Bonchev–Trinajstić information content (AvgIpc) is 2.17. The number of hydrogen-bond donors (Lipinski definition) is 0. The number of aliphatic imine (C=N–C) groups is 1. The lowest BCUT2D eigenvalue weighted by atomic mass is 10.6. The van der Waals surface area contributed by atoms with Crippen molar-refractivity contribution in [3.8, 4) is 0 Å². The van der Waals surface area contributed by atoms with Gasteiger partial charge in [-0.1, -0.05) is 0 Å². The molecule has 0 aliphatic rings. The largest absolute Gasteiger partial charge is 0.430 e. The quantitative estimate of drug-likeness (QED) is 0.534. The van der Waals surface area contributed by atoms with Crippen LogP contribution in [0, 0.1) is 6.92 Å². The van der Waals surface area contributed by atoms with E-state index < -0.39 is 0 Å². The summed E-state index contributed by atoms with van der Waals surface area (Å²) in [6.45, 7) is 3.68. The summed E-state index contributed by atoms with van der Waals surface area (Å²) in [5, 5.41) is 0. The summed E-state index contributed by atoms with van der Waals surface area (Å²) in [5.41, 5.74) is 0.857. The first-order valence-electron chi connectivity index (χ1n) is 2.73. The van der Waals surface area contributed by atoms with Crippen LogP contribution in [0.4, 0.5) is 6.01 Å². The number of rotatable bonds is 1. The molecule has 1 heterocycles. The van der Waals surface area contributed by atoms with Crippen LogP contribution in [0.25, 0.3) is 0 Å². The summed E-state index contributed by atoms with van der Waals surface area (Å²) in [7, 11) is 0. The predicted molar refractivity (Wildman–Crippen MR) is 35.1 cm³/mol. The van der Waals surface area contributed by atoms with E-state index in [1.807, 2.05) is 13.8 Å². The monoisotopic (exact) mass is 124 g/mol. The van der Waals surface area contributed by atoms with Gasteiger partial charge in [-0.15, -0.1) is 0 Å². The first-order chi connectivity index (χ1) is 4.33. The molecule has 0 saturated heterocycles. The molecule has 0 bridgehead atoms. The second kappa shape index (κ2) is 2.44. The first-order valence-corrected chi connectivity index (χ1v) is 2.73. The van der Waals surface area contributed by atoms with Gasteiger partial charge in [0.25, 0.3) is 0 Å². The molecule has 0 atom stereocenters. The van der Waals surface area contributed by atoms with Crippen molar-refractivity contribution in [3.05, 3.63) is 12.0 Å². The highest BCUT2D eigenvalue weighted by Crippen LogP contribution is 2.08. The molecule has 1 aromatic heterocycles. The molecule has 9 heavy (non-hydrogen) atoms. The smallest absolute Gasteiger partial charge is 0.321 e. The molecule has 0 fully saturated rings. The van der Waals surface area contributed by atoms with Gasteiger partial charge in [0.1, 0.15) is 6.26 Å². The van der Waals surface area contributed by atoms with Gasteiger partial charge >= 0.3 is 6.01 Å². The van der Waals surface area contributed by atoms with Gasteiger partial charge in [-0.2, -0.15) is 4.98 Å². The van der Waals surface area contributed by atoms with Gasteiger partial charge in [-0.05, 0) is 13.8 Å². The zero-order valence-corrected chi connectivity index (χ0v) is 5.46. The Morgan fingerprint density at radius 3 is 3.00 bits per heavy atom. The molecule has 0 N–H and O–H groups in total. The minimum absolute atomic E-state index is 0.426. The Kier molecular flexibility index (Phi) is 1.63. The summed E-state index contributed by atoms with van der Waals surface area (Å²) in [6.07, 6.45) is 3.22. The van der Waals surface area contributed by atoms with E-state index in [1.165, 1.54) is 0 Å². The Morgan fingerprint density at radius 1 is 1.78 bits per heavy atom. The normalized spacial score (nSPS) is 10.9. The van der Waals surface area contributed by atoms with Crippen LogP contribution in [0.3, 0.4) is 0 Å². The van der Waals surface area contributed by atoms with Crippen molar-refractivity contribution >= 4 is 12.2 Å². The topological polar surface area (TPSA) is 38.4 Å². The third kappa shape index (κ3) is 1.38. The molecule has 0 radical (unpaired) electrons. The third-order valence-electron chi connectivity index (χ3n) is 0.846. The molecule has 0 aliphatic carbocycles. The summed E-state index contributed by atoms with van der Waals surface area (Å²) < 4.78 is 4.90. The predicted octanol–water partition coefficient (Wildman–Crippen LogP) is 1.71. The number of hydrogen-bond acceptors (Lipinski definition) is 3. The van der Waals surface area contributed by atoms with Crippen molar-refractivity contribution in [1.82, 2.24) is 4.98 Å². The van der Waals surface area contributed by atoms with Gasteiger partial charge < -0.3 is 4.42 Å². The third-order valence-corrected chi connectivity index (χ3v) is 0.846. The van der Waals surface area contributed by atoms with Crippen LogP contribution in [0.1, 0.15) is 12.6 Å². The lowest BCUT2D eigenvalue weighted by Gasteiger charge is -1.75. The number of aryl methyl sites for hydroxylation is 1. The molecule has 3 nitrogen and oxygen atoms in total. The molecule has 0 aliphatic heterocycles. The molecule has 48 valence electrons. The number of aromatic nitrogens is 1. The van der Waals surface area contributed by atoms with Crippen LogP contribution in [0.2, 0.25) is 0 Å². The molecule has 3 heteroatoms. The minimum atomic E-state index is 0.426. The van der Waals surface area contributed by atoms with Crippen molar-refractivity contribution in [2.45, 2.75) is 13.8 Å². The maximum Gasteiger partial charge on any atom is 0.321 e. The SMILES string of the molecule is C/C=N\c1nc(C)co1. The highest BCUT2D eigenvalue weighted by molar-refractivity contribution is 5.56. The molecule has 1 aromatic rings. The molecule has 0 aromatic carbocycles. The van der Waals surface area contributed by atoms with Gasteiger partial charge in [0.2, 0.25) is 0 Å². The highest BCUT2D eigenvalue weighted by Gasteiger charge is 1.92. The summed E-state index contributed by atoms with van der Waals surface area (Å²) >= 11 is 0. The maximum atomic E-state index is 4.90. The number of nitrogens with zero attached hydrogens (tertiary/aromatic N) is 2. The van der Waals surface area contributed by atoms with Crippen LogP contribution in [0.5, 0.6) is 0 Å². The Bertz CT molecular complexity index is 215. The van der Waals surface area contributed by atoms with Crippen molar-refractivity contribution in [3.63, 3.8) is 0 Å². The van der Waals surface area contributed by atoms with E-state index in [4.69, 9.17) is 4.42 Å². The molecular weight excluding hydrogens is 116 g/mol. The standard InChI is InChI=1S/C6H8N2O/c1-3-7-6-8-5(2)4-9-6/h3-4H,1-2H3/b7-3-. The molecular formula is C6H8N2O. The summed E-state index contributed by atoms with van der Waals surface area (Å²) in [6, 6.07) is 0.426. The first kappa shape index (κ1) is 6.01. The zero-order chi connectivity index (χ0) is 6.69. The Morgan fingerprint density at radius 2 is 2.56 bits per heavy atom. The molecule has 1 rings (SSSR count). The summed E-state index contributed by atoms with van der Waals surface area (Å²) in [4.78, 5) is 7.76. The van der Waals surface area contributed by atoms with E-state index in [0.717, 1.165) is 5.69 Å². The Hall–Kier alpha value is -1.12. The van der Waals surface area contributed by atoms with Crippen molar-refractivity contribution in [2.24, 2.45) is 4.99 Å². The zero-order valence-electron chi connectivity index (χ0n) is 5.46. The van der Waals surface area contributed by atoms with Crippen LogP contribution >= 0.6 is 0 Å². The Balaban J connectivity index is 2.85. The summed E-state index contributed by atoms with van der Waals surface area (Å²) in [5.74, 6) is 0. The van der Waals surface area contributed by atoms with Crippen molar-refractivity contribution in [2.75, 3.05) is 0 Å². The fourth-order valence-corrected chi connectivity index (χ4v) is 0.511. The van der Waals surface area contributed by atoms with E-state index in [0.29, 0.717) is 6.01 Å². The maximum absolute atomic E-state index is 4.90. The number of oxazole rings is 1. The van der Waals surface area contributed by atoms with E-state index in [9.17, 15) is 0 Å². The van der Waals surface area contributed by atoms with E-state index >= 15 is 0 Å². The molecule has 0 saturated carbocycles. The second-order valence-electron chi connectivity index (χ2n) is 1.66. The molecule has 0 amide bonds. The molecule has 0 unspecified atom stereocenters. The van der Waals surface area contributed by atoms with E-state index in [-0.39, 0.29) is 0 Å². The van der Waals surface area contributed by atoms with Crippen LogP contribution in [0.15, 0.2) is 15.7 Å². The van der Waals surface area contributed by atoms with Crippen molar-refractivity contribution in [1.29, 1.82) is 0 Å². The van der Waals surface area contributed by atoms with Gasteiger partial charge in [-0.3, -0.25) is 0 Å². The van der Waals surface area contributed by atoms with Gasteiger partial charge in [0.05, 0.1) is 5.69 Å². The van der Waals surface area contributed by atoms with Gasteiger partial charge in [0, 0.05) is 6.21 Å². The van der Waals surface area contributed by atoms with Crippen molar-refractivity contribution < 1.29 is 4.42 Å². The van der Waals surface area contributed by atoms with Gasteiger partial charge in [-0.25, -0.2) is 4.99 Å². The minimum Gasteiger partial charge on any atom is -0.430 e. The van der Waals surface area contributed by atoms with Gasteiger partial charge in [0.15, 0.2) is 0 Å². The fourth-order valence-electron chi connectivity index (χ4n) is 0.511. The van der Waals surface area contributed by atoms with E-state index in [1.54, 1.807) is 12.5 Å². The Labute approximate surface area is 53.4 Å². The fraction of sp³-hybridized carbons (Fsp3) is 0.333. The lowest BCUT2D eigenvalue weighted by molar-refractivity contribution is 0.569. The van der Waals surface area contributed by atoms with Crippen LogP contribution in [-0.2, 0) is 0 Å². The van der Waals surface area contributed by atoms with Crippen LogP contribution in [-0.4, -0.2) is 11.2 Å². The highest BCUT2D eigenvalue weighted by atomic mass is 16.4.